The fraction of sp³-hybridized carbons (Fsp3) is 0.500. The molecule has 0 fully saturated rings. The number of hydrogen-bond donors (Lipinski definition) is 0. The highest BCUT2D eigenvalue weighted by molar-refractivity contribution is 8.76. The van der Waals surface area contributed by atoms with E-state index in [0.29, 0.717) is 9.80 Å². The molecule has 0 bridgehead atoms. The molecule has 0 aromatic carbocycles. The zero-order valence-corrected chi connectivity index (χ0v) is 12.0. The van der Waals surface area contributed by atoms with E-state index < -0.39 is 10.7 Å². The summed E-state index contributed by atoms with van der Waals surface area (Å²) in [5.41, 5.74) is 0. The van der Waals surface area contributed by atoms with Gasteiger partial charge >= 0.3 is 0 Å². The van der Waals surface area contributed by atoms with Crippen LogP contribution in [0.15, 0.2) is 0 Å². The minimum absolute atomic E-state index is 0.00654. The van der Waals surface area contributed by atoms with E-state index in [1.807, 2.05) is 0 Å². The van der Waals surface area contributed by atoms with E-state index in [0.717, 1.165) is 21.6 Å². The first-order valence-corrected chi connectivity index (χ1v) is 7.52. The smallest absolute Gasteiger partial charge is 0.215 e. The van der Waals surface area contributed by atoms with E-state index in [1.54, 1.807) is 0 Å². The second-order valence-corrected chi connectivity index (χ2v) is 6.21. The average molecular weight is 304 g/mol. The number of rotatable bonds is 11. The molecule has 98 valence electrons. The van der Waals surface area contributed by atoms with Crippen LogP contribution < -0.4 is 0 Å². The molecule has 0 aliphatic carbocycles. The van der Waals surface area contributed by atoms with E-state index >= 15 is 0 Å². The van der Waals surface area contributed by atoms with E-state index in [9.17, 15) is 19.2 Å². The summed E-state index contributed by atoms with van der Waals surface area (Å²) in [5, 5.41) is -3.33. The number of amides is 4. The average Bonchev–Trinajstić information content (AvgIpc) is 2.37. The fourth-order valence-corrected chi connectivity index (χ4v) is 3.34. The van der Waals surface area contributed by atoms with Crippen LogP contribution in [0.4, 0.5) is 0 Å². The van der Waals surface area contributed by atoms with Crippen LogP contribution in [0.25, 0.3) is 0 Å². The maximum atomic E-state index is 10.5. The molecule has 8 radical (unpaired) electrons. The van der Waals surface area contributed by atoms with Crippen molar-refractivity contribution in [2.75, 3.05) is 11.5 Å². The van der Waals surface area contributed by atoms with Crippen molar-refractivity contribution in [1.29, 1.82) is 0 Å². The second kappa shape index (κ2) is 8.51. The van der Waals surface area contributed by atoms with Crippen LogP contribution in [0.1, 0.15) is 0 Å². The monoisotopic (exact) mass is 304 g/mol. The predicted octanol–water partition coefficient (Wildman–Crippen LogP) is -2.42. The predicted molar refractivity (Wildman–Crippen MR) is 81.3 cm³/mol. The Morgan fingerprint density at radius 3 is 1.15 bits per heavy atom. The van der Waals surface area contributed by atoms with Crippen LogP contribution in [0.3, 0.4) is 0 Å². The number of imide groups is 2. The van der Waals surface area contributed by atoms with Gasteiger partial charge in [0.15, 0.2) is 0 Å². The lowest BCUT2D eigenvalue weighted by Crippen LogP contribution is -2.51. The highest BCUT2D eigenvalue weighted by Crippen LogP contribution is 2.28. The molecule has 0 saturated carbocycles. The van der Waals surface area contributed by atoms with Crippen LogP contribution in [-0.4, -0.2) is 89.0 Å². The van der Waals surface area contributed by atoms with Gasteiger partial charge < -0.3 is 0 Å². The third-order valence-electron chi connectivity index (χ3n) is 2.08. The van der Waals surface area contributed by atoms with Crippen molar-refractivity contribution in [3.63, 3.8) is 0 Å². The molecule has 0 aliphatic rings. The molecule has 20 heavy (non-hydrogen) atoms. The Labute approximate surface area is 130 Å². The van der Waals surface area contributed by atoms with Crippen molar-refractivity contribution in [2.45, 2.75) is 10.7 Å². The van der Waals surface area contributed by atoms with Crippen LogP contribution in [0.5, 0.6) is 0 Å². The van der Waals surface area contributed by atoms with Gasteiger partial charge in [0.2, 0.25) is 25.6 Å². The molecular formula is C8H8B4N2O4S2. The summed E-state index contributed by atoms with van der Waals surface area (Å²) in [6, 6.07) is 0. The van der Waals surface area contributed by atoms with Crippen molar-refractivity contribution in [2.24, 2.45) is 0 Å². The van der Waals surface area contributed by atoms with Crippen molar-refractivity contribution < 1.29 is 19.2 Å². The Hall–Kier alpha value is -0.760. The molecule has 0 aromatic heterocycles. The lowest BCUT2D eigenvalue weighted by molar-refractivity contribution is -0.132. The maximum Gasteiger partial charge on any atom is 0.215 e. The number of hydrogen-bond acceptors (Lipinski definition) is 6. The normalized spacial score (nSPS) is 11.4. The summed E-state index contributed by atoms with van der Waals surface area (Å²) >= 11 is 0. The third-order valence-corrected chi connectivity index (χ3v) is 4.61. The van der Waals surface area contributed by atoms with E-state index in [-0.39, 0.29) is 37.1 Å². The molecule has 6 nitrogen and oxygen atoms in total. The standard InChI is InChI=1S/C8H8B4N2O4S2/c9-7(10,13(3-15)4-16)1-19-20-2-8(11,12)14(5-17)6-18/h3-6H,1-2H2. The summed E-state index contributed by atoms with van der Waals surface area (Å²) in [6.45, 7) is 0. The third kappa shape index (κ3) is 5.70. The van der Waals surface area contributed by atoms with Gasteiger partial charge in [-0.1, -0.05) is 21.6 Å². The van der Waals surface area contributed by atoms with Crippen molar-refractivity contribution >= 4 is 78.6 Å². The molecule has 0 unspecified atom stereocenters. The Balaban J connectivity index is 4.32. The topological polar surface area (TPSA) is 74.8 Å². The number of carbonyl (C=O) groups excluding carboxylic acids is 4. The Kier molecular flexibility index (Phi) is 8.19. The molecule has 0 heterocycles. The van der Waals surface area contributed by atoms with Crippen molar-refractivity contribution in [3.05, 3.63) is 0 Å². The molecule has 0 rings (SSSR count). The molecule has 4 amide bonds. The van der Waals surface area contributed by atoms with Crippen LogP contribution in [0, 0.1) is 0 Å². The maximum absolute atomic E-state index is 10.5. The van der Waals surface area contributed by atoms with Crippen LogP contribution in [-0.2, 0) is 19.2 Å². The quantitative estimate of drug-likeness (QED) is 0.183. The lowest BCUT2D eigenvalue weighted by atomic mass is 9.62. The zero-order valence-electron chi connectivity index (χ0n) is 10.4. The minimum atomic E-state index is -1.66. The van der Waals surface area contributed by atoms with E-state index in [2.05, 4.69) is 0 Å². The largest absolute Gasteiger partial charge is 0.299 e. The summed E-state index contributed by atoms with van der Waals surface area (Å²) in [5.74, 6) is -0.0131. The fourth-order valence-electron chi connectivity index (χ4n) is 0.863. The second-order valence-electron chi connectivity index (χ2n) is 3.74. The van der Waals surface area contributed by atoms with Crippen LogP contribution in [0.2, 0.25) is 0 Å². The minimum Gasteiger partial charge on any atom is -0.299 e. The van der Waals surface area contributed by atoms with Gasteiger partial charge in [0.1, 0.15) is 0 Å². The summed E-state index contributed by atoms with van der Waals surface area (Å²) in [4.78, 5) is 43.3. The van der Waals surface area contributed by atoms with Gasteiger partial charge in [0.05, 0.1) is 31.4 Å². The number of nitrogens with zero attached hydrogens (tertiary/aromatic N) is 2. The molecule has 0 aliphatic heterocycles. The highest BCUT2D eigenvalue weighted by Gasteiger charge is 2.27. The first kappa shape index (κ1) is 19.2. The van der Waals surface area contributed by atoms with E-state index in [4.69, 9.17) is 31.4 Å². The zero-order chi connectivity index (χ0) is 15.8. The van der Waals surface area contributed by atoms with Crippen LogP contribution >= 0.6 is 21.6 Å². The first-order valence-electron chi connectivity index (χ1n) is 5.03. The van der Waals surface area contributed by atoms with Gasteiger partial charge in [-0.25, -0.2) is 0 Å². The first-order chi connectivity index (χ1) is 9.25. The number of carbonyl (C=O) groups is 4. The molecule has 0 atom stereocenters. The van der Waals surface area contributed by atoms with Gasteiger partial charge in [0, 0.05) is 11.5 Å². The van der Waals surface area contributed by atoms with Gasteiger partial charge in [-0.3, -0.25) is 29.0 Å². The Morgan fingerprint density at radius 1 is 0.700 bits per heavy atom. The van der Waals surface area contributed by atoms with Gasteiger partial charge in [0.25, 0.3) is 0 Å². The SMILES string of the molecule is [B]C([B])(CSSCC([B])([B])N(C=O)C=O)N(C=O)C=O. The van der Waals surface area contributed by atoms with Gasteiger partial charge in [-0.05, 0) is 10.7 Å². The molecule has 0 spiro atoms. The lowest BCUT2D eigenvalue weighted by Gasteiger charge is -2.34. The molecule has 0 saturated heterocycles. The van der Waals surface area contributed by atoms with Crippen molar-refractivity contribution in [3.8, 4) is 0 Å². The summed E-state index contributed by atoms with van der Waals surface area (Å²) < 4.78 is 0. The van der Waals surface area contributed by atoms with Gasteiger partial charge in [-0.15, -0.1) is 0 Å². The Bertz CT molecular complexity index is 322. The van der Waals surface area contributed by atoms with E-state index in [1.165, 1.54) is 0 Å². The highest BCUT2D eigenvalue weighted by atomic mass is 33.1. The Morgan fingerprint density at radius 2 is 0.950 bits per heavy atom. The molecule has 0 N–H and O–H groups in total. The summed E-state index contributed by atoms with van der Waals surface area (Å²) in [7, 11) is 24.4. The summed E-state index contributed by atoms with van der Waals surface area (Å²) in [6.07, 6.45) is 0.813. The van der Waals surface area contributed by atoms with Crippen molar-refractivity contribution in [1.82, 2.24) is 9.80 Å². The molecular weight excluding hydrogens is 295 g/mol. The molecule has 12 heteroatoms. The molecule has 0 aromatic rings. The van der Waals surface area contributed by atoms with Gasteiger partial charge in [-0.2, -0.15) is 0 Å².